The molecule has 5 rings (SSSR count). The Morgan fingerprint density at radius 2 is 1.06 bits per heavy atom. The third-order valence-corrected chi connectivity index (χ3v) is 6.74. The number of fused-ring (bicyclic) bond motifs is 3. The minimum absolute atomic E-state index is 1.13. The molecule has 0 saturated carbocycles. The Hall–Kier alpha value is -4.30. The normalized spacial score (nSPS) is 11.9. The summed E-state index contributed by atoms with van der Waals surface area (Å²) in [5, 5.41) is 2.53. The summed E-state index contributed by atoms with van der Waals surface area (Å²) in [6.45, 7) is 14.3. The molecule has 5 aromatic rings. The summed E-state index contributed by atoms with van der Waals surface area (Å²) < 4.78 is 4.72. The van der Waals surface area contributed by atoms with Gasteiger partial charge in [-0.15, -0.1) is 0 Å². The van der Waals surface area contributed by atoms with E-state index in [2.05, 4.69) is 122 Å². The second kappa shape index (κ2) is 9.15. The second-order valence-electron chi connectivity index (χ2n) is 8.94. The Morgan fingerprint density at radius 1 is 0.600 bits per heavy atom. The number of aryl methyl sites for hydroxylation is 1. The van der Waals surface area contributed by atoms with Gasteiger partial charge in [0.1, 0.15) is 0 Å². The smallest absolute Gasteiger partial charge is 0.0541 e. The molecule has 172 valence electrons. The van der Waals surface area contributed by atoms with Gasteiger partial charge in [-0.05, 0) is 79.9 Å². The largest absolute Gasteiger partial charge is 0.310 e. The third kappa shape index (κ3) is 3.77. The predicted octanol–water partition coefficient (Wildman–Crippen LogP) is 8.90. The van der Waals surface area contributed by atoms with E-state index in [0.717, 1.165) is 22.8 Å². The monoisotopic (exact) mass is 454 g/mol. The molecule has 2 aromatic heterocycles. The summed E-state index contributed by atoms with van der Waals surface area (Å²) in [6, 6.07) is 24.1. The van der Waals surface area contributed by atoms with Crippen LogP contribution in [0.5, 0.6) is 0 Å². The zero-order valence-electron chi connectivity index (χ0n) is 20.6. The molecule has 0 N–H and O–H groups in total. The van der Waals surface area contributed by atoms with E-state index < -0.39 is 0 Å². The molecule has 0 aliphatic heterocycles. The summed E-state index contributed by atoms with van der Waals surface area (Å²) in [6.07, 6.45) is 11.9. The lowest BCUT2D eigenvalue weighted by Crippen LogP contribution is -2.03. The molecule has 0 amide bonds. The molecule has 0 saturated heterocycles. The van der Waals surface area contributed by atoms with Gasteiger partial charge in [-0.3, -0.25) is 0 Å². The van der Waals surface area contributed by atoms with Crippen LogP contribution in [-0.2, 0) is 0 Å². The molecule has 0 aliphatic carbocycles. The summed E-state index contributed by atoms with van der Waals surface area (Å²) >= 11 is 0. The number of hydrogen-bond donors (Lipinski definition) is 0. The molecule has 2 nitrogen and oxygen atoms in total. The Balaban J connectivity index is 1.84. The van der Waals surface area contributed by atoms with Gasteiger partial charge in [0.2, 0.25) is 0 Å². The van der Waals surface area contributed by atoms with E-state index in [9.17, 15) is 0 Å². The van der Waals surface area contributed by atoms with Gasteiger partial charge in [0, 0.05) is 33.5 Å². The Kier molecular flexibility index (Phi) is 5.88. The molecule has 0 unspecified atom stereocenters. The molecule has 0 spiro atoms. The molecule has 0 aliphatic rings. The van der Waals surface area contributed by atoms with E-state index in [1.54, 1.807) is 0 Å². The lowest BCUT2D eigenvalue weighted by atomic mass is 10.1. The van der Waals surface area contributed by atoms with Gasteiger partial charge < -0.3 is 9.13 Å². The lowest BCUT2D eigenvalue weighted by molar-refractivity contribution is 1.02. The minimum atomic E-state index is 1.13. The summed E-state index contributed by atoms with van der Waals surface area (Å²) in [4.78, 5) is 0. The second-order valence-corrected chi connectivity index (χ2v) is 8.94. The maximum atomic E-state index is 3.88. The number of rotatable bonds is 6. The van der Waals surface area contributed by atoms with Crippen molar-refractivity contribution >= 4 is 34.0 Å². The fourth-order valence-corrected chi connectivity index (χ4v) is 5.05. The molecular weight excluding hydrogens is 424 g/mol. The van der Waals surface area contributed by atoms with Crippen molar-refractivity contribution in [3.8, 4) is 11.4 Å². The molecule has 0 radical (unpaired) electrons. The summed E-state index contributed by atoms with van der Waals surface area (Å²) in [7, 11) is 0. The van der Waals surface area contributed by atoms with Crippen molar-refractivity contribution < 1.29 is 0 Å². The van der Waals surface area contributed by atoms with Crippen LogP contribution in [0.25, 0.3) is 45.3 Å². The Bertz CT molecular complexity index is 1560. The Labute approximate surface area is 207 Å². The van der Waals surface area contributed by atoms with Gasteiger partial charge in [0.05, 0.1) is 11.0 Å². The maximum Gasteiger partial charge on any atom is 0.0541 e. The van der Waals surface area contributed by atoms with Crippen molar-refractivity contribution in [1.82, 2.24) is 9.13 Å². The summed E-state index contributed by atoms with van der Waals surface area (Å²) in [5.74, 6) is 0. The fourth-order valence-electron chi connectivity index (χ4n) is 5.05. The van der Waals surface area contributed by atoms with E-state index in [1.165, 1.54) is 38.5 Å². The standard InChI is InChI=1S/C33H30N2/c1-6-8-16-30-24(4)25(5)31(17-9-7-2)34(30)26-20-23(3)21-27(22-26)35-32-18-12-10-14-28(32)29-15-11-13-19-33(29)35/h6-22H,1-2H2,3-5H3/b16-8-,17-9-. The van der Waals surface area contributed by atoms with Crippen LogP contribution in [0.2, 0.25) is 0 Å². The number of nitrogens with zero attached hydrogens (tertiary/aromatic N) is 2. The van der Waals surface area contributed by atoms with Gasteiger partial charge in [0.15, 0.2) is 0 Å². The number of allylic oxidation sites excluding steroid dienone is 4. The van der Waals surface area contributed by atoms with Gasteiger partial charge >= 0.3 is 0 Å². The van der Waals surface area contributed by atoms with E-state index in [0.29, 0.717) is 0 Å². The van der Waals surface area contributed by atoms with Crippen molar-refractivity contribution in [3.05, 3.63) is 132 Å². The van der Waals surface area contributed by atoms with Crippen LogP contribution < -0.4 is 0 Å². The highest BCUT2D eigenvalue weighted by molar-refractivity contribution is 6.09. The summed E-state index contributed by atoms with van der Waals surface area (Å²) in [5.41, 5.74) is 10.7. The molecule has 0 bridgehead atoms. The molecule has 0 atom stereocenters. The highest BCUT2D eigenvalue weighted by Crippen LogP contribution is 2.34. The SMILES string of the molecule is C=C/C=C\c1c(C)c(C)c(/C=C\C=C)n1-c1cc(C)cc(-n2c3ccccc3c3ccccc32)c1. The van der Waals surface area contributed by atoms with Gasteiger partial charge in [-0.25, -0.2) is 0 Å². The van der Waals surface area contributed by atoms with Gasteiger partial charge in [-0.2, -0.15) is 0 Å². The quantitative estimate of drug-likeness (QED) is 0.227. The third-order valence-electron chi connectivity index (χ3n) is 6.74. The highest BCUT2D eigenvalue weighted by Gasteiger charge is 2.18. The first-order valence-corrected chi connectivity index (χ1v) is 12.0. The number of para-hydroxylation sites is 2. The van der Waals surface area contributed by atoms with Crippen LogP contribution in [0.3, 0.4) is 0 Å². The minimum Gasteiger partial charge on any atom is -0.310 e. The van der Waals surface area contributed by atoms with Crippen LogP contribution in [0, 0.1) is 20.8 Å². The molecule has 35 heavy (non-hydrogen) atoms. The average molecular weight is 455 g/mol. The molecule has 0 fully saturated rings. The molecular formula is C33H30N2. The van der Waals surface area contributed by atoms with Crippen molar-refractivity contribution in [1.29, 1.82) is 0 Å². The highest BCUT2D eigenvalue weighted by atomic mass is 15.0. The molecule has 2 heteroatoms. The van der Waals surface area contributed by atoms with E-state index in [4.69, 9.17) is 0 Å². The van der Waals surface area contributed by atoms with E-state index >= 15 is 0 Å². The molecule has 3 aromatic carbocycles. The van der Waals surface area contributed by atoms with Crippen molar-refractivity contribution in [3.63, 3.8) is 0 Å². The van der Waals surface area contributed by atoms with E-state index in [-0.39, 0.29) is 0 Å². The average Bonchev–Trinajstić information content (AvgIpc) is 3.33. The molecule has 2 heterocycles. The number of aromatic nitrogens is 2. The first kappa shape index (κ1) is 22.5. The first-order chi connectivity index (χ1) is 17.0. The van der Waals surface area contributed by atoms with Crippen molar-refractivity contribution in [2.75, 3.05) is 0 Å². The van der Waals surface area contributed by atoms with Gasteiger partial charge in [-0.1, -0.05) is 73.9 Å². The zero-order valence-corrected chi connectivity index (χ0v) is 20.6. The van der Waals surface area contributed by atoms with Crippen LogP contribution in [0.4, 0.5) is 0 Å². The lowest BCUT2D eigenvalue weighted by Gasteiger charge is -2.16. The Morgan fingerprint density at radius 3 is 1.54 bits per heavy atom. The number of benzene rings is 3. The topological polar surface area (TPSA) is 9.86 Å². The zero-order chi connectivity index (χ0) is 24.5. The maximum absolute atomic E-state index is 3.88. The van der Waals surface area contributed by atoms with Gasteiger partial charge in [0.25, 0.3) is 0 Å². The first-order valence-electron chi connectivity index (χ1n) is 12.0. The van der Waals surface area contributed by atoms with Crippen LogP contribution in [-0.4, -0.2) is 9.13 Å². The fraction of sp³-hybridized carbons (Fsp3) is 0.0909. The van der Waals surface area contributed by atoms with Crippen LogP contribution in [0.15, 0.2) is 104 Å². The van der Waals surface area contributed by atoms with Crippen molar-refractivity contribution in [2.24, 2.45) is 0 Å². The predicted molar refractivity (Wildman–Crippen MR) is 153 cm³/mol. The van der Waals surface area contributed by atoms with E-state index in [1.807, 2.05) is 24.3 Å². The van der Waals surface area contributed by atoms with Crippen molar-refractivity contribution in [2.45, 2.75) is 20.8 Å². The number of hydrogen-bond acceptors (Lipinski definition) is 0. The van der Waals surface area contributed by atoms with Crippen LogP contribution in [0.1, 0.15) is 28.1 Å². The van der Waals surface area contributed by atoms with Crippen LogP contribution >= 0.6 is 0 Å².